The predicted octanol–water partition coefficient (Wildman–Crippen LogP) is 0.325. The molecule has 0 radical (unpaired) electrons. The largest absolute Gasteiger partial charge is 0.494 e. The van der Waals surface area contributed by atoms with Crippen molar-refractivity contribution in [2.24, 2.45) is 11.7 Å². The molecule has 0 bridgehead atoms. The molecule has 1 aliphatic heterocycles. The van der Waals surface area contributed by atoms with Crippen LogP contribution >= 0.6 is 0 Å². The zero-order chi connectivity index (χ0) is 18.7. The summed E-state index contributed by atoms with van der Waals surface area (Å²) in [7, 11) is 1.62. The molecule has 1 aromatic carbocycles. The number of para-hydroxylation sites is 2. The van der Waals surface area contributed by atoms with Gasteiger partial charge in [-0.05, 0) is 26.0 Å². The minimum Gasteiger partial charge on any atom is -0.494 e. The first-order valence-corrected chi connectivity index (χ1v) is 8.72. The van der Waals surface area contributed by atoms with Gasteiger partial charge in [0.15, 0.2) is 0 Å². The van der Waals surface area contributed by atoms with Gasteiger partial charge in [-0.2, -0.15) is 5.10 Å². The summed E-state index contributed by atoms with van der Waals surface area (Å²) in [4.78, 5) is 12.4. The summed E-state index contributed by atoms with van der Waals surface area (Å²) in [5.41, 5.74) is 14.2. The van der Waals surface area contributed by atoms with E-state index in [1.165, 1.54) is 0 Å². The van der Waals surface area contributed by atoms with Crippen molar-refractivity contribution in [1.82, 2.24) is 25.9 Å². The molecule has 3 rings (SSSR count). The number of benzene rings is 1. The molecule has 1 saturated heterocycles. The summed E-state index contributed by atoms with van der Waals surface area (Å²) < 4.78 is 7.09. The molecule has 3 atom stereocenters. The Labute approximate surface area is 153 Å². The van der Waals surface area contributed by atoms with E-state index in [9.17, 15) is 4.79 Å². The zero-order valence-corrected chi connectivity index (χ0v) is 15.3. The Balaban J connectivity index is 1.62. The van der Waals surface area contributed by atoms with Gasteiger partial charge in [-0.3, -0.25) is 15.6 Å². The van der Waals surface area contributed by atoms with Crippen LogP contribution < -0.4 is 26.6 Å². The number of nitrogens with two attached hydrogens (primary N) is 1. The van der Waals surface area contributed by atoms with E-state index < -0.39 is 6.04 Å². The van der Waals surface area contributed by atoms with Crippen LogP contribution in [0.2, 0.25) is 0 Å². The molecule has 0 spiro atoms. The van der Waals surface area contributed by atoms with E-state index in [0.717, 1.165) is 17.0 Å². The van der Waals surface area contributed by atoms with Crippen molar-refractivity contribution in [3.05, 3.63) is 42.2 Å². The quantitative estimate of drug-likeness (QED) is 0.593. The number of carbonyl (C=O) groups excluding carboxylic acids is 1. The van der Waals surface area contributed by atoms with Gasteiger partial charge in [-0.25, -0.2) is 4.68 Å². The third-order valence-electron chi connectivity index (χ3n) is 4.85. The second-order valence-corrected chi connectivity index (χ2v) is 6.65. The molecule has 1 fully saturated rings. The zero-order valence-electron chi connectivity index (χ0n) is 15.3. The van der Waals surface area contributed by atoms with Gasteiger partial charge in [-0.1, -0.05) is 12.1 Å². The fourth-order valence-electron chi connectivity index (χ4n) is 3.39. The number of methoxy groups -OCH3 is 1. The Morgan fingerprint density at radius 1 is 1.35 bits per heavy atom. The molecular weight excluding hydrogens is 332 g/mol. The molecule has 0 aliphatic carbocycles. The molecule has 8 heteroatoms. The van der Waals surface area contributed by atoms with Crippen molar-refractivity contribution < 1.29 is 9.53 Å². The second kappa shape index (κ2) is 7.86. The van der Waals surface area contributed by atoms with Gasteiger partial charge in [0.2, 0.25) is 5.91 Å². The molecule has 2 heterocycles. The van der Waals surface area contributed by atoms with Gasteiger partial charge in [0.25, 0.3) is 0 Å². The van der Waals surface area contributed by atoms with Crippen LogP contribution in [-0.2, 0) is 11.3 Å². The van der Waals surface area contributed by atoms with Crippen molar-refractivity contribution in [2.45, 2.75) is 38.5 Å². The van der Waals surface area contributed by atoms with Gasteiger partial charge < -0.3 is 15.8 Å². The number of nitrogens with zero attached hydrogens (tertiary/aromatic N) is 2. The number of hydrogen-bond donors (Lipinski definition) is 4. The maximum atomic E-state index is 12.4. The average Bonchev–Trinajstić information content (AvgIpc) is 3.25. The summed E-state index contributed by atoms with van der Waals surface area (Å²) in [6, 6.07) is 7.33. The molecule has 0 saturated carbocycles. The third kappa shape index (κ3) is 3.72. The number of rotatable bonds is 6. The molecular formula is C18H26N6O2. The smallest absolute Gasteiger partial charge is 0.237 e. The van der Waals surface area contributed by atoms with Gasteiger partial charge >= 0.3 is 0 Å². The van der Waals surface area contributed by atoms with Gasteiger partial charge in [0.1, 0.15) is 11.4 Å². The molecule has 2 aromatic rings. The lowest BCUT2D eigenvalue weighted by molar-refractivity contribution is -0.123. The first kappa shape index (κ1) is 18.4. The van der Waals surface area contributed by atoms with Crippen molar-refractivity contribution in [3.63, 3.8) is 0 Å². The molecule has 8 nitrogen and oxygen atoms in total. The topological polar surface area (TPSA) is 106 Å². The first-order chi connectivity index (χ1) is 12.5. The van der Waals surface area contributed by atoms with Gasteiger partial charge in [0.05, 0.1) is 19.3 Å². The Morgan fingerprint density at radius 3 is 2.73 bits per heavy atom. The normalized spacial score (nSPS) is 23.6. The average molecular weight is 358 g/mol. The fourth-order valence-corrected chi connectivity index (χ4v) is 3.39. The minimum absolute atomic E-state index is 0.0336. The highest BCUT2D eigenvalue weighted by Gasteiger charge is 2.37. The van der Waals surface area contributed by atoms with E-state index in [4.69, 9.17) is 10.5 Å². The summed E-state index contributed by atoms with van der Waals surface area (Å²) in [5.74, 6) is 0.605. The van der Waals surface area contributed by atoms with Gasteiger partial charge in [0, 0.05) is 36.3 Å². The first-order valence-electron chi connectivity index (χ1n) is 8.72. The van der Waals surface area contributed by atoms with E-state index in [1.807, 2.05) is 44.3 Å². The maximum Gasteiger partial charge on any atom is 0.237 e. The number of hydrogen-bond acceptors (Lipinski definition) is 6. The molecule has 1 aliphatic rings. The van der Waals surface area contributed by atoms with Crippen LogP contribution in [0, 0.1) is 5.92 Å². The lowest BCUT2D eigenvalue weighted by atomic mass is 9.88. The van der Waals surface area contributed by atoms with Crippen molar-refractivity contribution in [2.75, 3.05) is 7.11 Å². The lowest BCUT2D eigenvalue weighted by Gasteiger charge is -2.24. The molecule has 1 amide bonds. The summed E-state index contributed by atoms with van der Waals surface area (Å²) >= 11 is 0. The number of amides is 1. The number of ether oxygens (including phenoxy) is 1. The number of carbonyl (C=O) groups is 1. The number of hydrazine groups is 1. The number of nitrogens with one attached hydrogen (secondary N) is 3. The van der Waals surface area contributed by atoms with Crippen LogP contribution in [-0.4, -0.2) is 40.9 Å². The standard InChI is InChI=1S/C18H26N6O2/c1-11-16(12(2)23-22-11)17(19)18(25)20-8-13-9-21-24(10-13)14-6-4-5-7-15(14)26-3/h4-7,9-12,16-17,22-23H,8,19H2,1-3H3,(H,20,25). The molecule has 26 heavy (non-hydrogen) atoms. The van der Waals surface area contributed by atoms with Crippen molar-refractivity contribution in [1.29, 1.82) is 0 Å². The van der Waals surface area contributed by atoms with E-state index in [0.29, 0.717) is 6.54 Å². The van der Waals surface area contributed by atoms with Crippen LogP contribution in [0.15, 0.2) is 36.7 Å². The highest BCUT2D eigenvalue weighted by atomic mass is 16.5. The van der Waals surface area contributed by atoms with Crippen LogP contribution in [0.3, 0.4) is 0 Å². The second-order valence-electron chi connectivity index (χ2n) is 6.65. The van der Waals surface area contributed by atoms with Gasteiger partial charge in [-0.15, -0.1) is 0 Å². The third-order valence-corrected chi connectivity index (χ3v) is 4.85. The molecule has 1 aromatic heterocycles. The van der Waals surface area contributed by atoms with Crippen LogP contribution in [0.5, 0.6) is 5.75 Å². The monoisotopic (exact) mass is 358 g/mol. The Hall–Kier alpha value is -2.42. The Bertz CT molecular complexity index is 752. The minimum atomic E-state index is -0.577. The van der Waals surface area contributed by atoms with Crippen molar-refractivity contribution in [3.8, 4) is 11.4 Å². The van der Waals surface area contributed by atoms with E-state index >= 15 is 0 Å². The van der Waals surface area contributed by atoms with Crippen molar-refractivity contribution >= 4 is 5.91 Å². The van der Waals surface area contributed by atoms with E-state index in [2.05, 4.69) is 21.3 Å². The SMILES string of the molecule is COc1ccccc1-n1cc(CNC(=O)C(N)C2C(C)NNC2C)cn1. The van der Waals surface area contributed by atoms with Crippen LogP contribution in [0.1, 0.15) is 19.4 Å². The maximum absolute atomic E-state index is 12.4. The Morgan fingerprint density at radius 2 is 2.04 bits per heavy atom. The fraction of sp³-hybridized carbons (Fsp3) is 0.444. The van der Waals surface area contributed by atoms with E-state index in [1.54, 1.807) is 18.0 Å². The van der Waals surface area contributed by atoms with Crippen LogP contribution in [0.25, 0.3) is 5.69 Å². The number of aromatic nitrogens is 2. The molecule has 140 valence electrons. The highest BCUT2D eigenvalue weighted by Crippen LogP contribution is 2.21. The molecule has 5 N–H and O–H groups in total. The molecule has 3 unspecified atom stereocenters. The Kier molecular flexibility index (Phi) is 5.55. The predicted molar refractivity (Wildman–Crippen MR) is 98.6 cm³/mol. The van der Waals surface area contributed by atoms with E-state index in [-0.39, 0.29) is 23.9 Å². The summed E-state index contributed by atoms with van der Waals surface area (Å²) in [5, 5.41) is 7.26. The van der Waals surface area contributed by atoms with Crippen LogP contribution in [0.4, 0.5) is 0 Å². The summed E-state index contributed by atoms with van der Waals surface area (Å²) in [6.07, 6.45) is 3.59. The summed E-state index contributed by atoms with van der Waals surface area (Å²) in [6.45, 7) is 4.41. The highest BCUT2D eigenvalue weighted by molar-refractivity contribution is 5.82. The lowest BCUT2D eigenvalue weighted by Crippen LogP contribution is -2.50.